The third-order valence-electron chi connectivity index (χ3n) is 4.66. The first-order valence-corrected chi connectivity index (χ1v) is 5.91. The molecule has 0 saturated heterocycles. The quantitative estimate of drug-likeness (QED) is 0.484. The summed E-state index contributed by atoms with van der Waals surface area (Å²) in [5, 5.41) is 0. The van der Waals surface area contributed by atoms with Crippen LogP contribution in [0.4, 0.5) is 0 Å². The summed E-state index contributed by atoms with van der Waals surface area (Å²) >= 11 is 0. The van der Waals surface area contributed by atoms with Crippen molar-refractivity contribution in [3.05, 3.63) is 12.2 Å². The van der Waals surface area contributed by atoms with E-state index in [1.165, 1.54) is 0 Å². The first-order valence-electron chi connectivity index (χ1n) is 5.91. The fourth-order valence-corrected chi connectivity index (χ4v) is 4.00. The highest BCUT2D eigenvalue weighted by Gasteiger charge is 2.55. The molecule has 80 valence electrons. The second-order valence-corrected chi connectivity index (χ2v) is 5.40. The normalized spacial score (nSPS) is 47.7. The zero-order chi connectivity index (χ0) is 10.5. The fourth-order valence-electron chi connectivity index (χ4n) is 4.00. The smallest absolute Gasteiger partial charge is 0.137 e. The summed E-state index contributed by atoms with van der Waals surface area (Å²) in [6.07, 6.45) is 10.2. The summed E-state index contributed by atoms with van der Waals surface area (Å²) in [7, 11) is 0. The summed E-state index contributed by atoms with van der Waals surface area (Å²) < 4.78 is 0. The molecule has 3 rings (SSSR count). The molecular weight excluding hydrogens is 188 g/mol. The number of fused-ring (bicyclic) bond motifs is 1. The fraction of sp³-hybridized carbons (Fsp3) is 0.692. The molecule has 3 aliphatic carbocycles. The number of carbonyl (C=O) groups excluding carboxylic acids is 2. The summed E-state index contributed by atoms with van der Waals surface area (Å²) in [6.45, 7) is 0. The van der Waals surface area contributed by atoms with Gasteiger partial charge in [-0.15, -0.1) is 0 Å². The second kappa shape index (κ2) is 3.03. The minimum atomic E-state index is 0.0732. The number of Topliss-reactive ketones (excluding diaryl/α,β-unsaturated/α-hetero) is 1. The van der Waals surface area contributed by atoms with E-state index in [0.29, 0.717) is 18.1 Å². The number of ketones is 1. The van der Waals surface area contributed by atoms with E-state index in [-0.39, 0.29) is 17.3 Å². The van der Waals surface area contributed by atoms with Gasteiger partial charge in [-0.2, -0.15) is 0 Å². The van der Waals surface area contributed by atoms with Crippen LogP contribution in [-0.4, -0.2) is 12.1 Å². The van der Waals surface area contributed by atoms with Gasteiger partial charge in [0.15, 0.2) is 0 Å². The zero-order valence-corrected chi connectivity index (χ0v) is 8.82. The summed E-state index contributed by atoms with van der Waals surface area (Å²) in [6, 6.07) is 0. The number of allylic oxidation sites excluding steroid dienone is 2. The number of carbonyl (C=O) groups is 2. The van der Waals surface area contributed by atoms with Gasteiger partial charge in [0.25, 0.3) is 0 Å². The molecule has 0 N–H and O–H groups in total. The van der Waals surface area contributed by atoms with Crippen molar-refractivity contribution in [1.82, 2.24) is 0 Å². The van der Waals surface area contributed by atoms with Gasteiger partial charge >= 0.3 is 0 Å². The van der Waals surface area contributed by atoms with Crippen molar-refractivity contribution < 1.29 is 9.59 Å². The molecule has 4 atom stereocenters. The number of rotatable bonds is 1. The van der Waals surface area contributed by atoms with E-state index < -0.39 is 0 Å². The van der Waals surface area contributed by atoms with Crippen LogP contribution in [0.25, 0.3) is 0 Å². The summed E-state index contributed by atoms with van der Waals surface area (Å²) in [5.41, 5.74) is 0.0732. The van der Waals surface area contributed by atoms with Crippen molar-refractivity contribution >= 4 is 12.1 Å². The van der Waals surface area contributed by atoms with Crippen LogP contribution in [0.1, 0.15) is 32.1 Å². The maximum Gasteiger partial charge on any atom is 0.137 e. The van der Waals surface area contributed by atoms with E-state index >= 15 is 0 Å². The molecule has 0 heterocycles. The van der Waals surface area contributed by atoms with Crippen LogP contribution in [0.5, 0.6) is 0 Å². The summed E-state index contributed by atoms with van der Waals surface area (Å²) in [4.78, 5) is 23.0. The van der Waals surface area contributed by atoms with Gasteiger partial charge in [-0.05, 0) is 37.0 Å². The molecular formula is C13H16O2. The lowest BCUT2D eigenvalue weighted by Gasteiger charge is -2.40. The Morgan fingerprint density at radius 1 is 1.40 bits per heavy atom. The van der Waals surface area contributed by atoms with Crippen LogP contribution in [0.2, 0.25) is 0 Å². The van der Waals surface area contributed by atoms with E-state index in [4.69, 9.17) is 0 Å². The average molecular weight is 204 g/mol. The Hall–Kier alpha value is -0.920. The Balaban J connectivity index is 2.02. The number of aldehydes is 1. The molecule has 0 aliphatic heterocycles. The van der Waals surface area contributed by atoms with Crippen molar-refractivity contribution in [3.8, 4) is 0 Å². The Kier molecular flexibility index (Phi) is 1.88. The minimum absolute atomic E-state index is 0.0732. The van der Waals surface area contributed by atoms with Crippen LogP contribution in [0.3, 0.4) is 0 Å². The maximum absolute atomic E-state index is 12.0. The van der Waals surface area contributed by atoms with Gasteiger partial charge < -0.3 is 4.79 Å². The molecule has 2 bridgehead atoms. The highest BCUT2D eigenvalue weighted by molar-refractivity contribution is 5.85. The highest BCUT2D eigenvalue weighted by atomic mass is 16.1. The van der Waals surface area contributed by atoms with E-state index in [9.17, 15) is 9.59 Å². The molecule has 0 radical (unpaired) electrons. The predicted octanol–water partition coefficient (Wildman–Crippen LogP) is 2.14. The molecule has 2 fully saturated rings. The molecule has 15 heavy (non-hydrogen) atoms. The van der Waals surface area contributed by atoms with Crippen LogP contribution in [0.15, 0.2) is 12.2 Å². The lowest BCUT2D eigenvalue weighted by molar-refractivity contribution is -0.129. The largest absolute Gasteiger partial charge is 0.303 e. The van der Waals surface area contributed by atoms with Gasteiger partial charge in [-0.3, -0.25) is 4.79 Å². The molecule has 2 nitrogen and oxygen atoms in total. The Bertz CT molecular complexity index is 344. The van der Waals surface area contributed by atoms with Crippen LogP contribution in [0, 0.1) is 23.2 Å². The van der Waals surface area contributed by atoms with Crippen LogP contribution >= 0.6 is 0 Å². The van der Waals surface area contributed by atoms with Crippen molar-refractivity contribution in [1.29, 1.82) is 0 Å². The molecule has 4 unspecified atom stereocenters. The maximum atomic E-state index is 12.0. The van der Waals surface area contributed by atoms with Gasteiger partial charge in [0.1, 0.15) is 12.1 Å². The zero-order valence-electron chi connectivity index (χ0n) is 8.82. The van der Waals surface area contributed by atoms with E-state index in [2.05, 4.69) is 12.2 Å². The number of hydrogen-bond donors (Lipinski definition) is 0. The topological polar surface area (TPSA) is 34.1 Å². The molecule has 0 aromatic heterocycles. The van der Waals surface area contributed by atoms with Crippen molar-refractivity contribution in [3.63, 3.8) is 0 Å². The Labute approximate surface area is 89.7 Å². The first kappa shape index (κ1) is 9.32. The van der Waals surface area contributed by atoms with Crippen LogP contribution in [-0.2, 0) is 9.59 Å². The summed E-state index contributed by atoms with van der Waals surface area (Å²) in [5.74, 6) is 1.12. The standard InChI is InChI=1S/C13H16O2/c14-8-10-7-13-4-2-1-3-11(13)12(15)5-9(10)6-13/h2,4,8-11H,1,3,5-7H2. The molecule has 2 saturated carbocycles. The Morgan fingerprint density at radius 3 is 3.07 bits per heavy atom. The van der Waals surface area contributed by atoms with Gasteiger partial charge in [0, 0.05) is 18.3 Å². The van der Waals surface area contributed by atoms with Gasteiger partial charge in [0.2, 0.25) is 0 Å². The molecule has 0 amide bonds. The van der Waals surface area contributed by atoms with Gasteiger partial charge in [0.05, 0.1) is 0 Å². The van der Waals surface area contributed by atoms with E-state index in [0.717, 1.165) is 32.0 Å². The predicted molar refractivity (Wildman–Crippen MR) is 56.2 cm³/mol. The first-order chi connectivity index (χ1) is 7.25. The lowest BCUT2D eigenvalue weighted by atomic mass is 9.63. The van der Waals surface area contributed by atoms with Crippen molar-refractivity contribution in [2.24, 2.45) is 23.2 Å². The average Bonchev–Trinajstić information content (AvgIpc) is 2.52. The molecule has 2 heteroatoms. The van der Waals surface area contributed by atoms with E-state index in [1.54, 1.807) is 0 Å². The number of hydrogen-bond acceptors (Lipinski definition) is 2. The third kappa shape index (κ3) is 1.17. The van der Waals surface area contributed by atoms with Crippen molar-refractivity contribution in [2.75, 3.05) is 0 Å². The molecule has 1 spiro atoms. The molecule has 0 aromatic rings. The molecule has 0 aromatic carbocycles. The van der Waals surface area contributed by atoms with Crippen LogP contribution < -0.4 is 0 Å². The van der Waals surface area contributed by atoms with E-state index in [1.807, 2.05) is 0 Å². The van der Waals surface area contributed by atoms with Gasteiger partial charge in [-0.25, -0.2) is 0 Å². The lowest BCUT2D eigenvalue weighted by Crippen LogP contribution is -2.38. The monoisotopic (exact) mass is 204 g/mol. The van der Waals surface area contributed by atoms with Crippen molar-refractivity contribution in [2.45, 2.75) is 32.1 Å². The Morgan fingerprint density at radius 2 is 2.27 bits per heavy atom. The third-order valence-corrected chi connectivity index (χ3v) is 4.66. The second-order valence-electron chi connectivity index (χ2n) is 5.40. The highest BCUT2D eigenvalue weighted by Crippen LogP contribution is 2.58. The molecule has 3 aliphatic rings. The van der Waals surface area contributed by atoms with Gasteiger partial charge in [-0.1, -0.05) is 12.2 Å². The minimum Gasteiger partial charge on any atom is -0.303 e. The SMILES string of the molecule is O=CC1CC23C=CCCC2C(=O)CC1C3.